The zero-order valence-corrected chi connectivity index (χ0v) is 18.4. The van der Waals surface area contributed by atoms with Crippen LogP contribution in [0.1, 0.15) is 47.0 Å². The molecular weight excluding hydrogens is 402 g/mol. The van der Waals surface area contributed by atoms with Crippen molar-refractivity contribution in [3.8, 4) is 0 Å². The van der Waals surface area contributed by atoms with E-state index in [-0.39, 0.29) is 16.9 Å². The summed E-state index contributed by atoms with van der Waals surface area (Å²) in [6.07, 6.45) is 5.08. The first-order valence-corrected chi connectivity index (χ1v) is 10.7. The Hall–Kier alpha value is -2.00. The van der Waals surface area contributed by atoms with Gasteiger partial charge in [0, 0.05) is 23.0 Å². The van der Waals surface area contributed by atoms with Gasteiger partial charge in [0.1, 0.15) is 6.10 Å². The van der Waals surface area contributed by atoms with Gasteiger partial charge in [0.15, 0.2) is 11.8 Å². The fourth-order valence-electron chi connectivity index (χ4n) is 5.76. The van der Waals surface area contributed by atoms with Crippen LogP contribution in [0.2, 0.25) is 0 Å². The molecular formula is C23H33NO7. The van der Waals surface area contributed by atoms with E-state index in [0.717, 1.165) is 12.8 Å². The molecule has 8 nitrogen and oxygen atoms in total. The van der Waals surface area contributed by atoms with Gasteiger partial charge in [0.25, 0.3) is 5.91 Å². The van der Waals surface area contributed by atoms with Crippen molar-refractivity contribution in [2.75, 3.05) is 0 Å². The van der Waals surface area contributed by atoms with Crippen LogP contribution in [0.25, 0.3) is 0 Å². The second-order valence-corrected chi connectivity index (χ2v) is 9.82. The summed E-state index contributed by atoms with van der Waals surface area (Å²) in [5.74, 6) is -1.59. The molecule has 0 spiro atoms. The van der Waals surface area contributed by atoms with E-state index in [0.29, 0.717) is 6.42 Å². The fourth-order valence-corrected chi connectivity index (χ4v) is 5.76. The molecule has 2 fully saturated rings. The Labute approximate surface area is 182 Å². The van der Waals surface area contributed by atoms with Gasteiger partial charge in [0.2, 0.25) is 0 Å². The summed E-state index contributed by atoms with van der Waals surface area (Å²) >= 11 is 0. The van der Waals surface area contributed by atoms with Gasteiger partial charge in [-0.3, -0.25) is 4.79 Å². The number of ether oxygens (including phenoxy) is 1. The van der Waals surface area contributed by atoms with Crippen LogP contribution in [-0.2, 0) is 14.3 Å². The Morgan fingerprint density at radius 2 is 1.94 bits per heavy atom. The number of amides is 1. The molecule has 1 saturated heterocycles. The van der Waals surface area contributed by atoms with E-state index in [9.17, 15) is 30.0 Å². The summed E-state index contributed by atoms with van der Waals surface area (Å²) in [7, 11) is 0. The number of carbonyl (C=O) groups excluding carboxylic acids is 2. The Morgan fingerprint density at radius 1 is 1.26 bits per heavy atom. The van der Waals surface area contributed by atoms with Crippen molar-refractivity contribution in [2.24, 2.45) is 16.7 Å². The lowest BCUT2D eigenvalue weighted by Gasteiger charge is -2.59. The van der Waals surface area contributed by atoms with E-state index in [2.05, 4.69) is 5.32 Å². The number of aliphatic hydroxyl groups is 4. The third kappa shape index (κ3) is 3.86. The molecule has 0 unspecified atom stereocenters. The Morgan fingerprint density at radius 3 is 2.58 bits per heavy atom. The van der Waals surface area contributed by atoms with Crippen molar-refractivity contribution < 1.29 is 34.8 Å². The molecule has 0 aromatic carbocycles. The van der Waals surface area contributed by atoms with E-state index in [4.69, 9.17) is 4.74 Å². The largest absolute Gasteiger partial charge is 0.455 e. The van der Waals surface area contributed by atoms with Gasteiger partial charge < -0.3 is 30.5 Å². The highest BCUT2D eigenvalue weighted by Crippen LogP contribution is 2.63. The number of hydrogen-bond acceptors (Lipinski definition) is 7. The van der Waals surface area contributed by atoms with Crippen molar-refractivity contribution in [2.45, 2.75) is 77.1 Å². The minimum Gasteiger partial charge on any atom is -0.455 e. The quantitative estimate of drug-likeness (QED) is 0.186. The molecule has 2 aliphatic carbocycles. The van der Waals surface area contributed by atoms with Crippen molar-refractivity contribution in [1.29, 1.82) is 0 Å². The second kappa shape index (κ2) is 8.16. The number of esters is 1. The van der Waals surface area contributed by atoms with Gasteiger partial charge in [-0.1, -0.05) is 45.4 Å². The maximum atomic E-state index is 12.7. The molecule has 1 amide bonds. The van der Waals surface area contributed by atoms with Crippen molar-refractivity contribution >= 4 is 11.9 Å². The Kier molecular flexibility index (Phi) is 6.23. The van der Waals surface area contributed by atoms with E-state index in [1.54, 1.807) is 0 Å². The molecule has 172 valence electrons. The van der Waals surface area contributed by atoms with Crippen LogP contribution in [0.4, 0.5) is 0 Å². The summed E-state index contributed by atoms with van der Waals surface area (Å²) in [6.45, 7) is 7.36. The molecule has 0 aromatic heterocycles. The second-order valence-electron chi connectivity index (χ2n) is 9.82. The maximum Gasteiger partial charge on any atom is 0.331 e. The van der Waals surface area contributed by atoms with Crippen molar-refractivity contribution in [3.63, 3.8) is 0 Å². The van der Waals surface area contributed by atoms with E-state index < -0.39 is 47.4 Å². The molecule has 5 N–H and O–H groups in total. The van der Waals surface area contributed by atoms with Gasteiger partial charge in [-0.2, -0.15) is 0 Å². The topological polar surface area (TPSA) is 136 Å². The molecule has 1 aliphatic heterocycles. The molecule has 3 rings (SSSR count). The third-order valence-electron chi connectivity index (χ3n) is 7.25. The molecule has 3 aliphatic rings. The highest BCUT2D eigenvalue weighted by atomic mass is 16.5. The van der Waals surface area contributed by atoms with Gasteiger partial charge in [-0.25, -0.2) is 4.79 Å². The SMILES string of the molecule is C[C@H](O)[C@@H](O)/C=C/C=C/C(=O)O[C@@H]1C=C2[C@H](O)NC(=O)[C@]2(O)[C@@]2(C)CCCC(C)(C)[C@H]12. The standard InChI is InChI=1S/C23H33NO7/c1-13(25)15(26)8-5-6-9-17(27)31-16-12-14-19(28)24-20(29)23(14,30)22(4)11-7-10-21(2,3)18(16)22/h5-6,8-9,12-13,15-16,18-19,25-26,28,30H,7,10-11H2,1-4H3,(H,24,29)/b8-5+,9-6+/t13-,15-,16+,18-,19-,22-,23-/m0/s1. The van der Waals surface area contributed by atoms with Crippen molar-refractivity contribution in [3.05, 3.63) is 36.0 Å². The number of allylic oxidation sites excluding steroid dienone is 2. The predicted molar refractivity (Wildman–Crippen MR) is 112 cm³/mol. The minimum absolute atomic E-state index is 0.135. The number of rotatable bonds is 5. The van der Waals surface area contributed by atoms with Gasteiger partial charge in [-0.15, -0.1) is 0 Å². The molecule has 8 heteroatoms. The van der Waals surface area contributed by atoms with Gasteiger partial charge >= 0.3 is 5.97 Å². The number of aliphatic hydroxyl groups excluding tert-OH is 3. The zero-order valence-electron chi connectivity index (χ0n) is 18.4. The number of nitrogens with one attached hydrogen (secondary N) is 1. The van der Waals surface area contributed by atoms with Crippen LogP contribution >= 0.6 is 0 Å². The van der Waals surface area contributed by atoms with Crippen LogP contribution in [0.3, 0.4) is 0 Å². The Bertz CT molecular complexity index is 830. The average Bonchev–Trinajstić information content (AvgIpc) is 2.88. The number of hydrogen-bond donors (Lipinski definition) is 5. The van der Waals surface area contributed by atoms with Crippen LogP contribution in [0, 0.1) is 16.7 Å². The maximum absolute atomic E-state index is 12.7. The van der Waals surface area contributed by atoms with Gasteiger partial charge in [-0.05, 0) is 31.3 Å². The van der Waals surface area contributed by atoms with Crippen LogP contribution in [-0.4, -0.2) is 62.4 Å². The van der Waals surface area contributed by atoms with E-state index >= 15 is 0 Å². The summed E-state index contributed by atoms with van der Waals surface area (Å²) < 4.78 is 5.74. The van der Waals surface area contributed by atoms with Crippen LogP contribution < -0.4 is 5.32 Å². The summed E-state index contributed by atoms with van der Waals surface area (Å²) in [5, 5.41) is 43.1. The van der Waals surface area contributed by atoms with Crippen molar-refractivity contribution in [1.82, 2.24) is 5.32 Å². The normalized spacial score (nSPS) is 38.9. The van der Waals surface area contributed by atoms with E-state index in [1.165, 1.54) is 37.3 Å². The summed E-state index contributed by atoms with van der Waals surface area (Å²) in [5.41, 5.74) is -2.96. The highest BCUT2D eigenvalue weighted by molar-refractivity contribution is 5.94. The monoisotopic (exact) mass is 435 g/mol. The molecule has 0 radical (unpaired) electrons. The fraction of sp³-hybridized carbons (Fsp3) is 0.652. The third-order valence-corrected chi connectivity index (χ3v) is 7.25. The van der Waals surface area contributed by atoms with Crippen LogP contribution in [0.15, 0.2) is 36.0 Å². The molecule has 1 heterocycles. The van der Waals surface area contributed by atoms with E-state index in [1.807, 2.05) is 20.8 Å². The Balaban J connectivity index is 1.90. The smallest absolute Gasteiger partial charge is 0.331 e. The zero-order chi connectivity index (χ0) is 23.2. The molecule has 31 heavy (non-hydrogen) atoms. The number of fused-ring (bicyclic) bond motifs is 3. The number of carbonyl (C=O) groups is 2. The minimum atomic E-state index is -1.85. The molecule has 1 saturated carbocycles. The first-order chi connectivity index (χ1) is 14.3. The summed E-state index contributed by atoms with van der Waals surface area (Å²) in [6, 6.07) is 0. The first kappa shape index (κ1) is 23.7. The van der Waals surface area contributed by atoms with Crippen LogP contribution in [0.5, 0.6) is 0 Å². The highest BCUT2D eigenvalue weighted by Gasteiger charge is 2.70. The lowest BCUT2D eigenvalue weighted by molar-refractivity contribution is -0.188. The lowest BCUT2D eigenvalue weighted by atomic mass is 9.46. The average molecular weight is 436 g/mol. The first-order valence-electron chi connectivity index (χ1n) is 10.7. The summed E-state index contributed by atoms with van der Waals surface area (Å²) in [4.78, 5) is 25.2. The molecule has 0 bridgehead atoms. The molecule has 0 aromatic rings. The van der Waals surface area contributed by atoms with Gasteiger partial charge in [0.05, 0.1) is 12.2 Å². The molecule has 7 atom stereocenters. The lowest BCUT2D eigenvalue weighted by Crippen LogP contribution is -2.65. The predicted octanol–water partition coefficient (Wildman–Crippen LogP) is 0.704.